The van der Waals surface area contributed by atoms with Crippen molar-refractivity contribution in [3.8, 4) is 11.5 Å². The Morgan fingerprint density at radius 1 is 1.29 bits per heavy atom. The summed E-state index contributed by atoms with van der Waals surface area (Å²) in [6.07, 6.45) is 0. The van der Waals surface area contributed by atoms with E-state index in [-0.39, 0.29) is 6.03 Å². The Kier molecular flexibility index (Phi) is 4.63. The first-order valence-corrected chi connectivity index (χ1v) is 5.29. The summed E-state index contributed by atoms with van der Waals surface area (Å²) in [4.78, 5) is 11.1. The predicted molar refractivity (Wildman–Crippen MR) is 65.6 cm³/mol. The number of nitrogens with one attached hydrogen (secondary N) is 2. The van der Waals surface area contributed by atoms with Crippen LogP contribution in [0.1, 0.15) is 11.1 Å². The van der Waals surface area contributed by atoms with Gasteiger partial charge in [-0.1, -0.05) is 0 Å². The molecule has 1 aromatic rings. The fraction of sp³-hybridized carbons (Fsp3) is 0.417. The second-order valence-electron chi connectivity index (χ2n) is 3.56. The van der Waals surface area contributed by atoms with Crippen LogP contribution >= 0.6 is 0 Å². The molecule has 0 heterocycles. The van der Waals surface area contributed by atoms with Gasteiger partial charge in [-0.3, -0.25) is 0 Å². The lowest BCUT2D eigenvalue weighted by Crippen LogP contribution is -2.32. The molecule has 17 heavy (non-hydrogen) atoms. The Morgan fingerprint density at radius 2 is 2.00 bits per heavy atom. The molecule has 0 fully saturated rings. The zero-order chi connectivity index (χ0) is 12.8. The molecule has 5 nitrogen and oxygen atoms in total. The maximum Gasteiger partial charge on any atom is 0.314 e. The summed E-state index contributed by atoms with van der Waals surface area (Å²) < 4.78 is 10.4. The number of methoxy groups -OCH3 is 2. The summed E-state index contributed by atoms with van der Waals surface area (Å²) in [5, 5.41) is 5.23. The Bertz CT molecular complexity index is 405. The maximum atomic E-state index is 11.1. The zero-order valence-electron chi connectivity index (χ0n) is 10.6. The SMILES string of the molecule is CNC(=O)NCc1c(C)cc(OC)cc1OC. The van der Waals surface area contributed by atoms with Crippen molar-refractivity contribution in [3.63, 3.8) is 0 Å². The molecule has 2 amide bonds. The number of aryl methyl sites for hydroxylation is 1. The molecule has 0 saturated heterocycles. The molecule has 0 saturated carbocycles. The molecule has 5 heteroatoms. The molecule has 1 rings (SSSR count). The third kappa shape index (κ3) is 3.27. The van der Waals surface area contributed by atoms with Crippen molar-refractivity contribution < 1.29 is 14.3 Å². The Labute approximate surface area is 101 Å². The van der Waals surface area contributed by atoms with E-state index in [4.69, 9.17) is 9.47 Å². The number of benzene rings is 1. The molecule has 0 aliphatic heterocycles. The molecule has 0 spiro atoms. The molecule has 0 unspecified atom stereocenters. The van der Waals surface area contributed by atoms with Crippen LogP contribution < -0.4 is 20.1 Å². The number of urea groups is 1. The molecule has 0 radical (unpaired) electrons. The van der Waals surface area contributed by atoms with Crippen LogP contribution in [-0.2, 0) is 6.54 Å². The normalized spacial score (nSPS) is 9.65. The molecule has 1 aromatic carbocycles. The number of amides is 2. The highest BCUT2D eigenvalue weighted by Gasteiger charge is 2.10. The van der Waals surface area contributed by atoms with Crippen molar-refractivity contribution in [2.75, 3.05) is 21.3 Å². The first kappa shape index (κ1) is 13.2. The summed E-state index contributed by atoms with van der Waals surface area (Å²) in [6, 6.07) is 3.49. The highest BCUT2D eigenvalue weighted by Crippen LogP contribution is 2.28. The smallest absolute Gasteiger partial charge is 0.314 e. The monoisotopic (exact) mass is 238 g/mol. The number of hydrogen-bond donors (Lipinski definition) is 2. The van der Waals surface area contributed by atoms with Crippen LogP contribution in [0.3, 0.4) is 0 Å². The summed E-state index contributed by atoms with van der Waals surface area (Å²) >= 11 is 0. The van der Waals surface area contributed by atoms with Crippen LogP contribution in [0.2, 0.25) is 0 Å². The minimum atomic E-state index is -0.220. The topological polar surface area (TPSA) is 59.6 Å². The molecule has 0 atom stereocenters. The molecule has 0 aliphatic rings. The third-order valence-electron chi connectivity index (χ3n) is 2.51. The minimum Gasteiger partial charge on any atom is -0.497 e. The van der Waals surface area contributed by atoms with Crippen LogP contribution in [-0.4, -0.2) is 27.3 Å². The molecule has 2 N–H and O–H groups in total. The third-order valence-corrected chi connectivity index (χ3v) is 2.51. The van der Waals surface area contributed by atoms with E-state index in [1.165, 1.54) is 0 Å². The number of hydrogen-bond acceptors (Lipinski definition) is 3. The quantitative estimate of drug-likeness (QED) is 0.834. The number of rotatable bonds is 4. The van der Waals surface area contributed by atoms with Crippen molar-refractivity contribution in [2.24, 2.45) is 0 Å². The summed E-state index contributed by atoms with van der Waals surface area (Å²) in [5.74, 6) is 1.45. The highest BCUT2D eigenvalue weighted by molar-refractivity contribution is 5.73. The Morgan fingerprint density at radius 3 is 2.53 bits per heavy atom. The van der Waals surface area contributed by atoms with Crippen LogP contribution in [0.25, 0.3) is 0 Å². The molecule has 0 bridgehead atoms. The van der Waals surface area contributed by atoms with Crippen molar-refractivity contribution in [1.29, 1.82) is 0 Å². The fourth-order valence-corrected chi connectivity index (χ4v) is 1.54. The van der Waals surface area contributed by atoms with E-state index in [1.807, 2.05) is 13.0 Å². The van der Waals surface area contributed by atoms with Crippen LogP contribution in [0.4, 0.5) is 4.79 Å². The Balaban J connectivity index is 2.93. The van der Waals surface area contributed by atoms with E-state index >= 15 is 0 Å². The van der Waals surface area contributed by atoms with Gasteiger partial charge >= 0.3 is 6.03 Å². The first-order valence-electron chi connectivity index (χ1n) is 5.29. The second kappa shape index (κ2) is 5.98. The summed E-state index contributed by atoms with van der Waals surface area (Å²) in [7, 11) is 4.78. The summed E-state index contributed by atoms with van der Waals surface area (Å²) in [5.41, 5.74) is 1.95. The lowest BCUT2D eigenvalue weighted by Gasteiger charge is -2.14. The largest absolute Gasteiger partial charge is 0.497 e. The number of carbonyl (C=O) groups excluding carboxylic acids is 1. The first-order chi connectivity index (χ1) is 8.12. The van der Waals surface area contributed by atoms with Gasteiger partial charge in [-0.15, -0.1) is 0 Å². The van der Waals surface area contributed by atoms with E-state index < -0.39 is 0 Å². The fourth-order valence-electron chi connectivity index (χ4n) is 1.54. The van der Waals surface area contributed by atoms with Crippen LogP contribution in [0.5, 0.6) is 11.5 Å². The van der Waals surface area contributed by atoms with E-state index in [0.717, 1.165) is 16.9 Å². The Hall–Kier alpha value is -1.91. The van der Waals surface area contributed by atoms with Gasteiger partial charge in [0.25, 0.3) is 0 Å². The molecular formula is C12H18N2O3. The lowest BCUT2D eigenvalue weighted by molar-refractivity contribution is 0.242. The van der Waals surface area contributed by atoms with E-state index in [2.05, 4.69) is 10.6 Å². The van der Waals surface area contributed by atoms with Gasteiger partial charge in [-0.25, -0.2) is 4.79 Å². The van der Waals surface area contributed by atoms with Crippen molar-refractivity contribution in [2.45, 2.75) is 13.5 Å². The van der Waals surface area contributed by atoms with Crippen molar-refractivity contribution in [1.82, 2.24) is 10.6 Å². The molecular weight excluding hydrogens is 220 g/mol. The number of ether oxygens (including phenoxy) is 2. The lowest BCUT2D eigenvalue weighted by atomic mass is 10.1. The van der Waals surface area contributed by atoms with E-state index in [0.29, 0.717) is 12.3 Å². The molecule has 94 valence electrons. The van der Waals surface area contributed by atoms with E-state index in [9.17, 15) is 4.79 Å². The standard InChI is InChI=1S/C12H18N2O3/c1-8-5-9(16-3)6-11(17-4)10(8)7-14-12(15)13-2/h5-6H,7H2,1-4H3,(H2,13,14,15). The van der Waals surface area contributed by atoms with E-state index in [1.54, 1.807) is 27.3 Å². The van der Waals surface area contributed by atoms with Gasteiger partial charge in [0.2, 0.25) is 0 Å². The number of carbonyl (C=O) groups is 1. The van der Waals surface area contributed by atoms with Gasteiger partial charge in [-0.2, -0.15) is 0 Å². The predicted octanol–water partition coefficient (Wildman–Crippen LogP) is 1.44. The van der Waals surface area contributed by atoms with Gasteiger partial charge in [0.05, 0.1) is 14.2 Å². The van der Waals surface area contributed by atoms with Crippen LogP contribution in [0.15, 0.2) is 12.1 Å². The van der Waals surface area contributed by atoms with Crippen molar-refractivity contribution in [3.05, 3.63) is 23.3 Å². The van der Waals surface area contributed by atoms with Gasteiger partial charge in [0, 0.05) is 25.2 Å². The van der Waals surface area contributed by atoms with Gasteiger partial charge in [0.15, 0.2) is 0 Å². The van der Waals surface area contributed by atoms with Crippen molar-refractivity contribution >= 4 is 6.03 Å². The van der Waals surface area contributed by atoms with Crippen LogP contribution in [0, 0.1) is 6.92 Å². The van der Waals surface area contributed by atoms with Gasteiger partial charge in [-0.05, 0) is 18.6 Å². The second-order valence-corrected chi connectivity index (χ2v) is 3.56. The van der Waals surface area contributed by atoms with Gasteiger partial charge in [0.1, 0.15) is 11.5 Å². The maximum absolute atomic E-state index is 11.1. The zero-order valence-corrected chi connectivity index (χ0v) is 10.6. The average molecular weight is 238 g/mol. The van der Waals surface area contributed by atoms with Gasteiger partial charge < -0.3 is 20.1 Å². The molecule has 0 aliphatic carbocycles. The molecule has 0 aromatic heterocycles. The highest BCUT2D eigenvalue weighted by atomic mass is 16.5. The minimum absolute atomic E-state index is 0.220. The summed E-state index contributed by atoms with van der Waals surface area (Å²) in [6.45, 7) is 2.37. The average Bonchev–Trinajstić information content (AvgIpc) is 2.35.